The van der Waals surface area contributed by atoms with Gasteiger partial charge < -0.3 is 19.9 Å². The number of para-hydroxylation sites is 1. The van der Waals surface area contributed by atoms with Gasteiger partial charge in [-0.1, -0.05) is 30.3 Å². The largest absolute Gasteiger partial charge is 0.497 e. The van der Waals surface area contributed by atoms with Crippen molar-refractivity contribution in [3.05, 3.63) is 66.4 Å². The molecule has 2 heterocycles. The van der Waals surface area contributed by atoms with Gasteiger partial charge in [-0.2, -0.15) is 0 Å². The molecule has 1 aliphatic heterocycles. The van der Waals surface area contributed by atoms with Crippen molar-refractivity contribution in [2.75, 3.05) is 45.2 Å². The van der Waals surface area contributed by atoms with Crippen LogP contribution in [0.15, 0.2) is 65.8 Å². The molecule has 0 spiro atoms. The van der Waals surface area contributed by atoms with E-state index in [1.165, 1.54) is 11.3 Å². The molecule has 0 radical (unpaired) electrons. The van der Waals surface area contributed by atoms with Crippen LogP contribution >= 0.6 is 24.0 Å². The number of halogens is 1. The predicted octanol–water partition coefficient (Wildman–Crippen LogP) is 3.76. The van der Waals surface area contributed by atoms with Crippen molar-refractivity contribution in [3.8, 4) is 5.75 Å². The first-order valence-electron chi connectivity index (χ1n) is 9.95. The van der Waals surface area contributed by atoms with E-state index >= 15 is 0 Å². The molecule has 3 aromatic rings. The summed E-state index contributed by atoms with van der Waals surface area (Å²) < 4.78 is 5.36. The molecule has 0 aliphatic carbocycles. The molecule has 6 nitrogen and oxygen atoms in total. The normalized spacial score (nSPS) is 14.4. The van der Waals surface area contributed by atoms with Crippen LogP contribution in [0.4, 0.5) is 5.69 Å². The Morgan fingerprint density at radius 2 is 1.83 bits per heavy atom. The van der Waals surface area contributed by atoms with Crippen molar-refractivity contribution in [1.82, 2.24) is 15.2 Å². The lowest BCUT2D eigenvalue weighted by molar-refractivity contribution is 0.372. The van der Waals surface area contributed by atoms with E-state index in [2.05, 4.69) is 61.5 Å². The first kappa shape index (κ1) is 22.1. The maximum Gasteiger partial charge on any atom is 0.194 e. The number of pyridine rings is 1. The number of guanidine groups is 1. The van der Waals surface area contributed by atoms with Crippen LogP contribution in [0.25, 0.3) is 10.9 Å². The van der Waals surface area contributed by atoms with E-state index < -0.39 is 0 Å². The van der Waals surface area contributed by atoms with Crippen molar-refractivity contribution >= 4 is 46.5 Å². The molecule has 1 aliphatic rings. The highest BCUT2D eigenvalue weighted by atomic mass is 127. The summed E-state index contributed by atoms with van der Waals surface area (Å²) in [6, 6.07) is 18.6. The molecular formula is C23H28IN5O. The van der Waals surface area contributed by atoms with Gasteiger partial charge >= 0.3 is 0 Å². The standard InChI is InChI=1S/C23H27N5O.HI/c1-24-23(26-17-19-7-3-6-18-8-5-11-25-22(18)19)28-14-12-27(13-15-28)20-9-4-10-21(16-20)29-2;/h3-11,16H,12-15,17H2,1-2H3,(H,24,26);1H. The third-order valence-electron chi connectivity index (χ3n) is 5.36. The Kier molecular flexibility index (Phi) is 7.73. The van der Waals surface area contributed by atoms with Gasteiger partial charge in [-0.15, -0.1) is 24.0 Å². The van der Waals surface area contributed by atoms with Gasteiger partial charge in [-0.25, -0.2) is 0 Å². The Morgan fingerprint density at radius 1 is 1.07 bits per heavy atom. The summed E-state index contributed by atoms with van der Waals surface area (Å²) in [4.78, 5) is 13.8. The molecule has 4 rings (SSSR count). The molecule has 0 saturated carbocycles. The average molecular weight is 517 g/mol. The number of hydrogen-bond donors (Lipinski definition) is 1. The van der Waals surface area contributed by atoms with Crippen molar-refractivity contribution in [2.24, 2.45) is 4.99 Å². The number of anilines is 1. The van der Waals surface area contributed by atoms with Gasteiger partial charge in [-0.3, -0.25) is 9.98 Å². The van der Waals surface area contributed by atoms with E-state index in [4.69, 9.17) is 4.74 Å². The van der Waals surface area contributed by atoms with E-state index in [-0.39, 0.29) is 24.0 Å². The summed E-state index contributed by atoms with van der Waals surface area (Å²) in [7, 11) is 3.55. The first-order chi connectivity index (χ1) is 14.3. The zero-order valence-corrected chi connectivity index (χ0v) is 19.7. The lowest BCUT2D eigenvalue weighted by atomic mass is 10.1. The van der Waals surface area contributed by atoms with Crippen LogP contribution in [0.5, 0.6) is 5.75 Å². The number of aromatic nitrogens is 1. The third-order valence-corrected chi connectivity index (χ3v) is 5.36. The highest BCUT2D eigenvalue weighted by Crippen LogP contribution is 2.22. The molecule has 1 saturated heterocycles. The topological polar surface area (TPSA) is 53.0 Å². The van der Waals surface area contributed by atoms with Crippen molar-refractivity contribution in [2.45, 2.75) is 6.54 Å². The zero-order valence-electron chi connectivity index (χ0n) is 17.4. The fourth-order valence-electron chi connectivity index (χ4n) is 3.80. The number of fused-ring (bicyclic) bond motifs is 1. The molecule has 0 bridgehead atoms. The third kappa shape index (κ3) is 4.95. The summed E-state index contributed by atoms with van der Waals surface area (Å²) in [5.74, 6) is 1.83. The number of aliphatic imine (C=N–C) groups is 1. The quantitative estimate of drug-likeness (QED) is 0.325. The van der Waals surface area contributed by atoms with Gasteiger partial charge in [0.1, 0.15) is 5.75 Å². The number of ether oxygens (including phenoxy) is 1. The molecule has 1 N–H and O–H groups in total. The lowest BCUT2D eigenvalue weighted by Gasteiger charge is -2.37. The molecule has 0 unspecified atom stereocenters. The predicted molar refractivity (Wildman–Crippen MR) is 134 cm³/mol. The molecule has 2 aromatic carbocycles. The van der Waals surface area contributed by atoms with Gasteiger partial charge in [0.05, 0.1) is 12.6 Å². The maximum atomic E-state index is 5.36. The van der Waals surface area contributed by atoms with Gasteiger partial charge in [0.25, 0.3) is 0 Å². The minimum Gasteiger partial charge on any atom is -0.497 e. The maximum absolute atomic E-state index is 5.36. The van der Waals surface area contributed by atoms with Crippen molar-refractivity contribution in [1.29, 1.82) is 0 Å². The number of hydrogen-bond acceptors (Lipinski definition) is 4. The Bertz CT molecular complexity index is 996. The molecule has 1 aromatic heterocycles. The van der Waals surface area contributed by atoms with E-state index in [1.54, 1.807) is 7.11 Å². The van der Waals surface area contributed by atoms with E-state index in [0.717, 1.165) is 48.8 Å². The van der Waals surface area contributed by atoms with Gasteiger partial charge in [0.2, 0.25) is 0 Å². The highest BCUT2D eigenvalue weighted by molar-refractivity contribution is 14.0. The monoisotopic (exact) mass is 517 g/mol. The van der Waals surface area contributed by atoms with Crippen molar-refractivity contribution < 1.29 is 4.74 Å². The minimum atomic E-state index is 0. The van der Waals surface area contributed by atoms with Crippen LogP contribution < -0.4 is 15.0 Å². The van der Waals surface area contributed by atoms with Gasteiger partial charge in [0, 0.05) is 63.1 Å². The van der Waals surface area contributed by atoms with Crippen LogP contribution in [0, 0.1) is 0 Å². The molecule has 30 heavy (non-hydrogen) atoms. The Hall–Kier alpha value is -2.55. The van der Waals surface area contributed by atoms with Gasteiger partial charge in [-0.05, 0) is 23.8 Å². The summed E-state index contributed by atoms with van der Waals surface area (Å²) in [5.41, 5.74) is 3.42. The molecule has 1 fully saturated rings. The van der Waals surface area contributed by atoms with Crippen molar-refractivity contribution in [3.63, 3.8) is 0 Å². The lowest BCUT2D eigenvalue weighted by Crippen LogP contribution is -2.52. The molecule has 0 amide bonds. The van der Waals surface area contributed by atoms with Crippen LogP contribution in [0.3, 0.4) is 0 Å². The minimum absolute atomic E-state index is 0. The Balaban J connectivity index is 0.00000256. The van der Waals surface area contributed by atoms with Crippen LogP contribution in [-0.2, 0) is 6.54 Å². The second-order valence-electron chi connectivity index (χ2n) is 7.07. The SMILES string of the molecule is CN=C(NCc1cccc2cccnc12)N1CCN(c2cccc(OC)c2)CC1.I. The second-order valence-corrected chi connectivity index (χ2v) is 7.07. The van der Waals surface area contributed by atoms with Crippen LogP contribution in [0.1, 0.15) is 5.56 Å². The zero-order chi connectivity index (χ0) is 20.1. The number of rotatable bonds is 4. The van der Waals surface area contributed by atoms with E-state index in [0.29, 0.717) is 6.54 Å². The second kappa shape index (κ2) is 10.5. The molecule has 158 valence electrons. The summed E-state index contributed by atoms with van der Waals surface area (Å²) in [6.07, 6.45) is 1.85. The average Bonchev–Trinajstić information content (AvgIpc) is 2.80. The number of benzene rings is 2. The fourth-order valence-corrected chi connectivity index (χ4v) is 3.80. The summed E-state index contributed by atoms with van der Waals surface area (Å²) in [5, 5.41) is 4.68. The number of nitrogens with zero attached hydrogens (tertiary/aromatic N) is 4. The summed E-state index contributed by atoms with van der Waals surface area (Å²) >= 11 is 0. The molecular weight excluding hydrogens is 489 g/mol. The Morgan fingerprint density at radius 3 is 2.60 bits per heavy atom. The van der Waals surface area contributed by atoms with Crippen LogP contribution in [0.2, 0.25) is 0 Å². The summed E-state index contributed by atoms with van der Waals surface area (Å²) in [6.45, 7) is 4.44. The van der Waals surface area contributed by atoms with Gasteiger partial charge in [0.15, 0.2) is 5.96 Å². The number of nitrogens with one attached hydrogen (secondary N) is 1. The smallest absolute Gasteiger partial charge is 0.194 e. The highest BCUT2D eigenvalue weighted by Gasteiger charge is 2.20. The number of piperazine rings is 1. The van der Waals surface area contributed by atoms with E-state index in [9.17, 15) is 0 Å². The fraction of sp³-hybridized carbons (Fsp3) is 0.304. The first-order valence-corrected chi connectivity index (χ1v) is 9.95. The van der Waals surface area contributed by atoms with E-state index in [1.807, 2.05) is 31.4 Å². The Labute approximate surface area is 195 Å². The molecule has 7 heteroatoms. The molecule has 0 atom stereocenters. The van der Waals surface area contributed by atoms with Crippen LogP contribution in [-0.4, -0.2) is 56.2 Å². The number of methoxy groups -OCH3 is 1.